The van der Waals surface area contributed by atoms with Gasteiger partial charge < -0.3 is 10.1 Å². The molecule has 1 heterocycles. The van der Waals surface area contributed by atoms with Crippen molar-refractivity contribution in [1.82, 2.24) is 5.32 Å². The van der Waals surface area contributed by atoms with Crippen LogP contribution in [0.4, 0.5) is 0 Å². The lowest BCUT2D eigenvalue weighted by atomic mass is 9.85. The van der Waals surface area contributed by atoms with E-state index in [0.29, 0.717) is 17.8 Å². The molecule has 0 aromatic heterocycles. The van der Waals surface area contributed by atoms with Gasteiger partial charge in [-0.1, -0.05) is 27.7 Å². The number of ether oxygens (including phenoxy) is 1. The van der Waals surface area contributed by atoms with Gasteiger partial charge in [0.15, 0.2) is 0 Å². The molecule has 0 atom stereocenters. The molecule has 0 radical (unpaired) electrons. The van der Waals surface area contributed by atoms with Crippen LogP contribution in [0.1, 0.15) is 40.5 Å². The van der Waals surface area contributed by atoms with E-state index in [9.17, 15) is 4.79 Å². The van der Waals surface area contributed by atoms with E-state index in [4.69, 9.17) is 4.74 Å². The minimum Gasteiger partial charge on any atom is -0.381 e. The summed E-state index contributed by atoms with van der Waals surface area (Å²) in [6.45, 7) is 11.2. The summed E-state index contributed by atoms with van der Waals surface area (Å²) in [6, 6.07) is 0. The third kappa shape index (κ3) is 4.66. The number of nitrogens with one attached hydrogen (secondary N) is 1. The van der Waals surface area contributed by atoms with Crippen LogP contribution in [-0.4, -0.2) is 25.7 Å². The molecule has 0 spiro atoms. The van der Waals surface area contributed by atoms with Gasteiger partial charge in [0, 0.05) is 25.7 Å². The summed E-state index contributed by atoms with van der Waals surface area (Å²) in [5.41, 5.74) is 0. The van der Waals surface area contributed by atoms with Gasteiger partial charge in [0.25, 0.3) is 0 Å². The highest BCUT2D eigenvalue weighted by Gasteiger charge is 2.23. The molecule has 0 aromatic carbocycles. The first-order valence-corrected chi connectivity index (χ1v) is 6.87. The zero-order valence-corrected chi connectivity index (χ0v) is 11.7. The van der Waals surface area contributed by atoms with E-state index >= 15 is 0 Å². The van der Waals surface area contributed by atoms with E-state index in [1.807, 2.05) is 0 Å². The predicted molar refractivity (Wildman–Crippen MR) is 69.7 cm³/mol. The molecule has 1 N–H and O–H groups in total. The van der Waals surface area contributed by atoms with Crippen LogP contribution in [0.3, 0.4) is 0 Å². The maximum absolute atomic E-state index is 12.0. The summed E-state index contributed by atoms with van der Waals surface area (Å²) in [4.78, 5) is 12.0. The quantitative estimate of drug-likeness (QED) is 0.803. The largest absolute Gasteiger partial charge is 0.381 e. The molecule has 100 valence electrons. The standard InChI is InChI=1S/C14H27NO2/c1-10(2)13(11(3)4)9-15-14(16)12-5-7-17-8-6-12/h10-13H,5-9H2,1-4H3,(H,15,16). The topological polar surface area (TPSA) is 38.3 Å². The SMILES string of the molecule is CC(C)C(CNC(=O)C1CCOCC1)C(C)C. The van der Waals surface area contributed by atoms with Gasteiger partial charge >= 0.3 is 0 Å². The molecular formula is C14H27NO2. The number of amides is 1. The van der Waals surface area contributed by atoms with Crippen molar-refractivity contribution < 1.29 is 9.53 Å². The van der Waals surface area contributed by atoms with Gasteiger partial charge in [-0.3, -0.25) is 4.79 Å². The zero-order valence-electron chi connectivity index (χ0n) is 11.7. The Hall–Kier alpha value is -0.570. The van der Waals surface area contributed by atoms with Crippen LogP contribution < -0.4 is 5.32 Å². The normalized spacial score (nSPS) is 18.1. The predicted octanol–water partition coefficient (Wildman–Crippen LogP) is 2.46. The smallest absolute Gasteiger partial charge is 0.223 e. The number of hydrogen-bond acceptors (Lipinski definition) is 2. The van der Waals surface area contributed by atoms with E-state index in [-0.39, 0.29) is 11.8 Å². The Balaban J connectivity index is 2.35. The highest BCUT2D eigenvalue weighted by atomic mass is 16.5. The summed E-state index contributed by atoms with van der Waals surface area (Å²) >= 11 is 0. The van der Waals surface area contributed by atoms with Crippen LogP contribution in [0.15, 0.2) is 0 Å². The molecule has 1 amide bonds. The van der Waals surface area contributed by atoms with Crippen LogP contribution in [0.5, 0.6) is 0 Å². The van der Waals surface area contributed by atoms with Crippen molar-refractivity contribution in [1.29, 1.82) is 0 Å². The second-order valence-electron chi connectivity index (χ2n) is 5.78. The van der Waals surface area contributed by atoms with Crippen molar-refractivity contribution in [3.05, 3.63) is 0 Å². The highest BCUT2D eigenvalue weighted by Crippen LogP contribution is 2.20. The minimum atomic E-state index is 0.170. The lowest BCUT2D eigenvalue weighted by Gasteiger charge is -2.27. The van der Waals surface area contributed by atoms with Crippen molar-refractivity contribution in [3.8, 4) is 0 Å². The Morgan fingerprint density at radius 3 is 2.18 bits per heavy atom. The Morgan fingerprint density at radius 1 is 1.18 bits per heavy atom. The molecule has 3 nitrogen and oxygen atoms in total. The first-order chi connectivity index (χ1) is 8.02. The fraction of sp³-hybridized carbons (Fsp3) is 0.929. The van der Waals surface area contributed by atoms with Crippen molar-refractivity contribution >= 4 is 5.91 Å². The molecule has 0 unspecified atom stereocenters. The second kappa shape index (κ2) is 7.00. The lowest BCUT2D eigenvalue weighted by Crippen LogP contribution is -2.39. The van der Waals surface area contributed by atoms with E-state index in [2.05, 4.69) is 33.0 Å². The van der Waals surface area contributed by atoms with Crippen LogP contribution >= 0.6 is 0 Å². The third-order valence-electron chi connectivity index (χ3n) is 3.82. The zero-order chi connectivity index (χ0) is 12.8. The van der Waals surface area contributed by atoms with Gasteiger partial charge in [-0.2, -0.15) is 0 Å². The summed E-state index contributed by atoms with van der Waals surface area (Å²) < 4.78 is 5.27. The molecule has 0 saturated carbocycles. The summed E-state index contributed by atoms with van der Waals surface area (Å²) in [7, 11) is 0. The Kier molecular flexibility index (Phi) is 5.96. The highest BCUT2D eigenvalue weighted by molar-refractivity contribution is 5.78. The number of rotatable bonds is 5. The van der Waals surface area contributed by atoms with E-state index in [1.165, 1.54) is 0 Å². The van der Waals surface area contributed by atoms with Gasteiger partial charge in [0.05, 0.1) is 0 Å². The summed E-state index contributed by atoms with van der Waals surface area (Å²) in [5.74, 6) is 2.19. The van der Waals surface area contributed by atoms with Crippen LogP contribution in [0.2, 0.25) is 0 Å². The molecule has 0 aliphatic carbocycles. The number of hydrogen-bond donors (Lipinski definition) is 1. The third-order valence-corrected chi connectivity index (χ3v) is 3.82. The molecule has 17 heavy (non-hydrogen) atoms. The van der Waals surface area contributed by atoms with Crippen molar-refractivity contribution in [2.75, 3.05) is 19.8 Å². The first-order valence-electron chi connectivity index (χ1n) is 6.87. The first kappa shape index (κ1) is 14.5. The molecule has 1 fully saturated rings. The van der Waals surface area contributed by atoms with Crippen LogP contribution in [0.25, 0.3) is 0 Å². The van der Waals surface area contributed by atoms with E-state index < -0.39 is 0 Å². The van der Waals surface area contributed by atoms with E-state index in [1.54, 1.807) is 0 Å². The number of carbonyl (C=O) groups excluding carboxylic acids is 1. The Morgan fingerprint density at radius 2 is 1.71 bits per heavy atom. The molecule has 0 bridgehead atoms. The molecule has 3 heteroatoms. The fourth-order valence-corrected chi connectivity index (χ4v) is 2.56. The fourth-order valence-electron chi connectivity index (χ4n) is 2.56. The molecule has 1 rings (SSSR count). The summed E-state index contributed by atoms with van der Waals surface area (Å²) in [5, 5.41) is 3.12. The summed E-state index contributed by atoms with van der Waals surface area (Å²) in [6.07, 6.45) is 1.75. The second-order valence-corrected chi connectivity index (χ2v) is 5.78. The van der Waals surface area contributed by atoms with Gasteiger partial charge in [-0.15, -0.1) is 0 Å². The van der Waals surface area contributed by atoms with Gasteiger partial charge in [-0.05, 0) is 30.6 Å². The Labute approximate surface area is 105 Å². The monoisotopic (exact) mass is 241 g/mol. The van der Waals surface area contributed by atoms with E-state index in [0.717, 1.165) is 32.6 Å². The maximum atomic E-state index is 12.0. The Bertz CT molecular complexity index is 224. The van der Waals surface area contributed by atoms with Crippen LogP contribution in [-0.2, 0) is 9.53 Å². The van der Waals surface area contributed by atoms with Gasteiger partial charge in [-0.25, -0.2) is 0 Å². The van der Waals surface area contributed by atoms with Crippen molar-refractivity contribution in [3.63, 3.8) is 0 Å². The van der Waals surface area contributed by atoms with Crippen LogP contribution in [0, 0.1) is 23.7 Å². The minimum absolute atomic E-state index is 0.170. The number of carbonyl (C=O) groups is 1. The lowest BCUT2D eigenvalue weighted by molar-refractivity contribution is -0.128. The molecule has 1 saturated heterocycles. The maximum Gasteiger partial charge on any atom is 0.223 e. The average Bonchev–Trinajstić information content (AvgIpc) is 2.29. The average molecular weight is 241 g/mol. The van der Waals surface area contributed by atoms with Gasteiger partial charge in [0.1, 0.15) is 0 Å². The molecule has 0 aromatic rings. The molecular weight excluding hydrogens is 214 g/mol. The molecule has 1 aliphatic heterocycles. The molecule has 1 aliphatic rings. The van der Waals surface area contributed by atoms with Gasteiger partial charge in [0.2, 0.25) is 5.91 Å². The van der Waals surface area contributed by atoms with Crippen molar-refractivity contribution in [2.45, 2.75) is 40.5 Å². The van der Waals surface area contributed by atoms with Crippen molar-refractivity contribution in [2.24, 2.45) is 23.7 Å².